The van der Waals surface area contributed by atoms with Crippen molar-refractivity contribution in [2.75, 3.05) is 26.4 Å². The quantitative estimate of drug-likeness (QED) is 0.353. The maximum atomic E-state index is 11.2. The molecule has 0 fully saturated rings. The number of carbonyl (C=O) groups is 3. The molecule has 2 amide bonds. The van der Waals surface area contributed by atoms with Gasteiger partial charge < -0.3 is 9.47 Å². The van der Waals surface area contributed by atoms with Crippen LogP contribution in [0.4, 0.5) is 0 Å². The third-order valence-electron chi connectivity index (χ3n) is 2.13. The van der Waals surface area contributed by atoms with E-state index in [9.17, 15) is 14.4 Å². The van der Waals surface area contributed by atoms with Crippen molar-refractivity contribution in [3.8, 4) is 0 Å². The number of rotatable bonds is 7. The summed E-state index contributed by atoms with van der Waals surface area (Å²) >= 11 is 0. The van der Waals surface area contributed by atoms with Gasteiger partial charge in [-0.1, -0.05) is 0 Å². The van der Waals surface area contributed by atoms with Crippen LogP contribution < -0.4 is 0 Å². The zero-order valence-corrected chi connectivity index (χ0v) is 9.68. The highest BCUT2D eigenvalue weighted by Gasteiger charge is 2.23. The maximum Gasteiger partial charge on any atom is 0.307 e. The minimum absolute atomic E-state index is 0.00524. The summed E-state index contributed by atoms with van der Waals surface area (Å²) in [5.74, 6) is -1.23. The summed E-state index contributed by atoms with van der Waals surface area (Å²) in [5, 5.41) is 0. The molecule has 1 rings (SSSR count). The van der Waals surface area contributed by atoms with Crippen molar-refractivity contribution in [2.24, 2.45) is 0 Å². The lowest BCUT2D eigenvalue weighted by Gasteiger charge is -2.12. The highest BCUT2D eigenvalue weighted by Crippen LogP contribution is 2.04. The Balaban J connectivity index is 2.16. The minimum atomic E-state index is -0.447. The molecule has 0 N–H and O–H groups in total. The first kappa shape index (κ1) is 13.4. The molecule has 1 aliphatic heterocycles. The summed E-state index contributed by atoms with van der Waals surface area (Å²) in [6.07, 6.45) is 2.37. The second kappa shape index (κ2) is 6.80. The van der Waals surface area contributed by atoms with E-state index in [0.29, 0.717) is 13.2 Å². The van der Waals surface area contributed by atoms with Crippen molar-refractivity contribution >= 4 is 17.8 Å². The predicted octanol–water partition coefficient (Wildman–Crippen LogP) is -0.119. The first-order chi connectivity index (χ1) is 8.15. The van der Waals surface area contributed by atoms with E-state index in [1.54, 1.807) is 0 Å². The fraction of sp³-hybridized carbons (Fsp3) is 0.545. The van der Waals surface area contributed by atoms with Crippen molar-refractivity contribution in [2.45, 2.75) is 13.3 Å². The number of carbonyl (C=O) groups excluding carboxylic acids is 3. The molecule has 94 valence electrons. The van der Waals surface area contributed by atoms with Crippen molar-refractivity contribution < 1.29 is 23.9 Å². The number of esters is 1. The number of imide groups is 1. The first-order valence-electron chi connectivity index (χ1n) is 5.42. The van der Waals surface area contributed by atoms with E-state index in [1.807, 2.05) is 6.92 Å². The predicted molar refractivity (Wildman–Crippen MR) is 57.9 cm³/mol. The van der Waals surface area contributed by atoms with Crippen LogP contribution in [0.1, 0.15) is 13.3 Å². The van der Waals surface area contributed by atoms with Gasteiger partial charge in [0.2, 0.25) is 0 Å². The van der Waals surface area contributed by atoms with Crippen LogP contribution >= 0.6 is 0 Å². The smallest absolute Gasteiger partial charge is 0.307 e. The molecular formula is C11H15NO5. The molecule has 0 aliphatic carbocycles. The molecule has 0 saturated carbocycles. The largest absolute Gasteiger partial charge is 0.463 e. The zero-order valence-electron chi connectivity index (χ0n) is 9.68. The highest BCUT2D eigenvalue weighted by atomic mass is 16.6. The first-order valence-corrected chi connectivity index (χ1v) is 5.42. The SMILES string of the molecule is CCOCCOC(=O)CCN1C(=O)C=CC1=O. The topological polar surface area (TPSA) is 72.9 Å². The Bertz CT molecular complexity index is 319. The Morgan fingerprint density at radius 3 is 2.47 bits per heavy atom. The lowest BCUT2D eigenvalue weighted by Crippen LogP contribution is -2.32. The number of hydrogen-bond donors (Lipinski definition) is 0. The van der Waals surface area contributed by atoms with Crippen LogP contribution in [0.15, 0.2) is 12.2 Å². The number of nitrogens with zero attached hydrogens (tertiary/aromatic N) is 1. The van der Waals surface area contributed by atoms with Gasteiger partial charge in [0.1, 0.15) is 6.61 Å². The van der Waals surface area contributed by atoms with Crippen LogP contribution in [0, 0.1) is 0 Å². The van der Waals surface area contributed by atoms with Crippen LogP contribution in [0.5, 0.6) is 0 Å². The molecule has 0 aromatic heterocycles. The Morgan fingerprint density at radius 1 is 1.24 bits per heavy atom. The van der Waals surface area contributed by atoms with Crippen LogP contribution in [-0.4, -0.2) is 49.0 Å². The van der Waals surface area contributed by atoms with E-state index in [2.05, 4.69) is 0 Å². The molecule has 6 nitrogen and oxygen atoms in total. The number of ether oxygens (including phenoxy) is 2. The fourth-order valence-electron chi connectivity index (χ4n) is 1.29. The van der Waals surface area contributed by atoms with Crippen LogP contribution in [0.25, 0.3) is 0 Å². The molecule has 0 radical (unpaired) electrons. The van der Waals surface area contributed by atoms with E-state index in [-0.39, 0.29) is 19.6 Å². The molecule has 0 aromatic rings. The van der Waals surface area contributed by atoms with Gasteiger partial charge in [-0.05, 0) is 6.92 Å². The third-order valence-corrected chi connectivity index (χ3v) is 2.13. The van der Waals surface area contributed by atoms with Crippen molar-refractivity contribution in [3.63, 3.8) is 0 Å². The van der Waals surface area contributed by atoms with Gasteiger partial charge in [0.25, 0.3) is 11.8 Å². The van der Waals surface area contributed by atoms with Crippen molar-refractivity contribution in [1.82, 2.24) is 4.90 Å². The molecule has 6 heteroatoms. The summed E-state index contributed by atoms with van der Waals surface area (Å²) in [6.45, 7) is 3.01. The Morgan fingerprint density at radius 2 is 1.88 bits per heavy atom. The summed E-state index contributed by atoms with van der Waals surface area (Å²) in [5.41, 5.74) is 0. The molecule has 0 saturated heterocycles. The van der Waals surface area contributed by atoms with Gasteiger partial charge in [-0.2, -0.15) is 0 Å². The van der Waals surface area contributed by atoms with Gasteiger partial charge in [0.15, 0.2) is 0 Å². The second-order valence-corrected chi connectivity index (χ2v) is 3.33. The second-order valence-electron chi connectivity index (χ2n) is 3.33. The monoisotopic (exact) mass is 241 g/mol. The highest BCUT2D eigenvalue weighted by molar-refractivity contribution is 6.12. The average Bonchev–Trinajstić information content (AvgIpc) is 2.62. The summed E-state index contributed by atoms with van der Waals surface area (Å²) in [7, 11) is 0. The van der Waals surface area contributed by atoms with Gasteiger partial charge >= 0.3 is 5.97 Å². The van der Waals surface area contributed by atoms with Gasteiger partial charge in [-0.15, -0.1) is 0 Å². The molecule has 0 atom stereocenters. The molecule has 1 aliphatic rings. The molecule has 0 spiro atoms. The molecule has 17 heavy (non-hydrogen) atoms. The minimum Gasteiger partial charge on any atom is -0.463 e. The van der Waals surface area contributed by atoms with Crippen LogP contribution in [0.3, 0.4) is 0 Å². The Hall–Kier alpha value is -1.69. The summed E-state index contributed by atoms with van der Waals surface area (Å²) in [6, 6.07) is 0. The van der Waals surface area contributed by atoms with Gasteiger partial charge in [0, 0.05) is 25.3 Å². The van der Waals surface area contributed by atoms with Crippen LogP contribution in [0.2, 0.25) is 0 Å². The van der Waals surface area contributed by atoms with E-state index in [1.165, 1.54) is 12.2 Å². The molecule has 0 bridgehead atoms. The van der Waals surface area contributed by atoms with Gasteiger partial charge in [-0.3, -0.25) is 19.3 Å². The van der Waals surface area contributed by atoms with E-state index >= 15 is 0 Å². The molecular weight excluding hydrogens is 226 g/mol. The van der Waals surface area contributed by atoms with E-state index in [0.717, 1.165) is 4.90 Å². The maximum absolute atomic E-state index is 11.2. The molecule has 0 unspecified atom stereocenters. The third kappa shape index (κ3) is 4.36. The standard InChI is InChI=1S/C11H15NO5/c1-2-16-7-8-17-11(15)5-6-12-9(13)3-4-10(12)14/h3-4H,2,5-8H2,1H3. The van der Waals surface area contributed by atoms with E-state index < -0.39 is 17.8 Å². The fourth-order valence-corrected chi connectivity index (χ4v) is 1.29. The lowest BCUT2D eigenvalue weighted by molar-refractivity contribution is -0.146. The number of hydrogen-bond acceptors (Lipinski definition) is 5. The van der Waals surface area contributed by atoms with Gasteiger partial charge in [0.05, 0.1) is 13.0 Å². The molecule has 1 heterocycles. The summed E-state index contributed by atoms with van der Waals surface area (Å²) in [4.78, 5) is 34.5. The summed E-state index contributed by atoms with van der Waals surface area (Å²) < 4.78 is 9.83. The Labute approximate surface area is 99.2 Å². The number of amides is 2. The van der Waals surface area contributed by atoms with E-state index in [4.69, 9.17) is 9.47 Å². The van der Waals surface area contributed by atoms with Crippen LogP contribution in [-0.2, 0) is 23.9 Å². The zero-order chi connectivity index (χ0) is 12.7. The van der Waals surface area contributed by atoms with Crippen molar-refractivity contribution in [1.29, 1.82) is 0 Å². The normalized spacial score (nSPS) is 14.5. The molecule has 0 aromatic carbocycles. The Kier molecular flexibility index (Phi) is 5.35. The average molecular weight is 241 g/mol. The van der Waals surface area contributed by atoms with Crippen molar-refractivity contribution in [3.05, 3.63) is 12.2 Å². The van der Waals surface area contributed by atoms with Gasteiger partial charge in [-0.25, -0.2) is 0 Å². The lowest BCUT2D eigenvalue weighted by atomic mass is 10.4.